The zero-order valence-electron chi connectivity index (χ0n) is 14.9. The molecule has 4 aliphatic carbocycles. The highest BCUT2D eigenvalue weighted by molar-refractivity contribution is 5.29. The summed E-state index contributed by atoms with van der Waals surface area (Å²) in [5.41, 5.74) is -1.06. The fourth-order valence-electron chi connectivity index (χ4n) is 7.16. The maximum Gasteiger partial charge on any atom is 0.105 e. The number of rotatable bonds is 1. The van der Waals surface area contributed by atoms with Crippen molar-refractivity contribution >= 4 is 0 Å². The lowest BCUT2D eigenvalue weighted by molar-refractivity contribution is -0.169. The van der Waals surface area contributed by atoms with E-state index in [9.17, 15) is 20.4 Å². The van der Waals surface area contributed by atoms with E-state index in [4.69, 9.17) is 0 Å². The van der Waals surface area contributed by atoms with Crippen LogP contribution in [-0.4, -0.2) is 44.8 Å². The van der Waals surface area contributed by atoms with Crippen LogP contribution in [0.1, 0.15) is 52.4 Å². The molecule has 4 N–H and O–H groups in total. The van der Waals surface area contributed by atoms with Crippen molar-refractivity contribution < 1.29 is 20.4 Å². The average molecular weight is 336 g/mol. The molecule has 4 nitrogen and oxygen atoms in total. The minimum absolute atomic E-state index is 0.0338. The minimum atomic E-state index is -1.32. The summed E-state index contributed by atoms with van der Waals surface area (Å²) >= 11 is 0. The van der Waals surface area contributed by atoms with Gasteiger partial charge >= 0.3 is 0 Å². The molecular formula is C20H32O4. The first-order chi connectivity index (χ1) is 11.2. The van der Waals surface area contributed by atoms with E-state index in [1.165, 1.54) is 0 Å². The van der Waals surface area contributed by atoms with Gasteiger partial charge in [0, 0.05) is 17.9 Å². The van der Waals surface area contributed by atoms with E-state index in [1.807, 2.05) is 13.8 Å². The van der Waals surface area contributed by atoms with Crippen LogP contribution in [0.15, 0.2) is 12.2 Å². The van der Waals surface area contributed by atoms with Crippen LogP contribution in [0.2, 0.25) is 0 Å². The Morgan fingerprint density at radius 3 is 2.42 bits per heavy atom. The van der Waals surface area contributed by atoms with Crippen molar-refractivity contribution in [2.24, 2.45) is 34.5 Å². The van der Waals surface area contributed by atoms with Gasteiger partial charge in [0.15, 0.2) is 0 Å². The Morgan fingerprint density at radius 1 is 1.04 bits per heavy atom. The monoisotopic (exact) mass is 336 g/mol. The van der Waals surface area contributed by atoms with Crippen LogP contribution in [0.25, 0.3) is 0 Å². The first-order valence-corrected chi connectivity index (χ1v) is 9.55. The molecule has 24 heavy (non-hydrogen) atoms. The van der Waals surface area contributed by atoms with Crippen LogP contribution in [0.3, 0.4) is 0 Å². The van der Waals surface area contributed by atoms with E-state index in [-0.39, 0.29) is 17.9 Å². The summed E-state index contributed by atoms with van der Waals surface area (Å²) < 4.78 is 0. The highest BCUT2D eigenvalue weighted by Crippen LogP contribution is 2.67. The van der Waals surface area contributed by atoms with Crippen LogP contribution in [0.4, 0.5) is 0 Å². The second-order valence-electron chi connectivity index (χ2n) is 9.75. The molecular weight excluding hydrogens is 304 g/mol. The van der Waals surface area contributed by atoms with Crippen molar-refractivity contribution in [1.29, 1.82) is 0 Å². The molecule has 0 aromatic rings. The Bertz CT molecular complexity index is 558. The lowest BCUT2D eigenvalue weighted by atomic mass is 9.63. The normalized spacial score (nSPS) is 55.8. The molecule has 0 aromatic heterocycles. The predicted molar refractivity (Wildman–Crippen MR) is 91.1 cm³/mol. The Balaban J connectivity index is 1.78. The lowest BCUT2D eigenvalue weighted by Gasteiger charge is -2.45. The summed E-state index contributed by atoms with van der Waals surface area (Å²) in [7, 11) is 0. The lowest BCUT2D eigenvalue weighted by Crippen LogP contribution is -2.56. The van der Waals surface area contributed by atoms with Crippen molar-refractivity contribution in [3.63, 3.8) is 0 Å². The van der Waals surface area contributed by atoms with Crippen molar-refractivity contribution in [2.75, 3.05) is 6.61 Å². The molecule has 1 spiro atoms. The van der Waals surface area contributed by atoms with Crippen molar-refractivity contribution in [3.05, 3.63) is 12.2 Å². The Labute approximate surface area is 144 Å². The summed E-state index contributed by atoms with van der Waals surface area (Å²) in [4.78, 5) is 0. The standard InChI is InChI=1S/C20H32O4/c1-11-14-5-4-12-7-19(14,8-13(12)10-21)9-17(23)20(24)15(11)6-16(22)18(20,2)3/h12-17,21-24H,1,4-10H2,2-3H3. The summed E-state index contributed by atoms with van der Waals surface area (Å²) in [6.45, 7) is 8.36. The second kappa shape index (κ2) is 5.06. The van der Waals surface area contributed by atoms with Gasteiger partial charge in [0.1, 0.15) is 5.60 Å². The van der Waals surface area contributed by atoms with Gasteiger partial charge < -0.3 is 20.4 Å². The number of fused-ring (bicyclic) bond motifs is 2. The van der Waals surface area contributed by atoms with Gasteiger partial charge in [0.25, 0.3) is 0 Å². The number of hydrogen-bond acceptors (Lipinski definition) is 4. The molecule has 0 aromatic carbocycles. The van der Waals surface area contributed by atoms with Crippen LogP contribution in [0.5, 0.6) is 0 Å². The van der Waals surface area contributed by atoms with Crippen LogP contribution >= 0.6 is 0 Å². The maximum absolute atomic E-state index is 11.6. The predicted octanol–water partition coefficient (Wildman–Crippen LogP) is 1.86. The van der Waals surface area contributed by atoms with Crippen molar-refractivity contribution in [2.45, 2.75) is 70.2 Å². The van der Waals surface area contributed by atoms with Crippen LogP contribution in [-0.2, 0) is 0 Å². The van der Waals surface area contributed by atoms with Gasteiger partial charge in [0.2, 0.25) is 0 Å². The van der Waals surface area contributed by atoms with Crippen molar-refractivity contribution in [1.82, 2.24) is 0 Å². The number of aliphatic hydroxyl groups is 4. The largest absolute Gasteiger partial charge is 0.396 e. The molecule has 4 heteroatoms. The topological polar surface area (TPSA) is 80.9 Å². The minimum Gasteiger partial charge on any atom is -0.396 e. The third kappa shape index (κ3) is 1.83. The fraction of sp³-hybridized carbons (Fsp3) is 0.900. The zero-order chi connectivity index (χ0) is 17.5. The summed E-state index contributed by atoms with van der Waals surface area (Å²) in [6, 6.07) is 0. The Kier molecular flexibility index (Phi) is 3.59. The molecule has 8 atom stereocenters. The molecule has 0 radical (unpaired) electrons. The van der Waals surface area contributed by atoms with Crippen LogP contribution < -0.4 is 0 Å². The van der Waals surface area contributed by atoms with Gasteiger partial charge in [-0.25, -0.2) is 0 Å². The molecule has 4 fully saturated rings. The zero-order valence-corrected chi connectivity index (χ0v) is 14.9. The first-order valence-electron chi connectivity index (χ1n) is 9.55. The van der Waals surface area contributed by atoms with E-state index in [1.54, 1.807) is 0 Å². The Hall–Kier alpha value is -0.420. The van der Waals surface area contributed by atoms with Crippen molar-refractivity contribution in [3.8, 4) is 0 Å². The third-order valence-electron chi connectivity index (χ3n) is 8.66. The van der Waals surface area contributed by atoms with E-state index < -0.39 is 23.2 Å². The van der Waals surface area contributed by atoms with Gasteiger partial charge in [-0.15, -0.1) is 0 Å². The van der Waals surface area contributed by atoms with E-state index in [2.05, 4.69) is 6.58 Å². The summed E-state index contributed by atoms with van der Waals surface area (Å²) in [6.07, 6.45) is 3.67. The molecule has 136 valence electrons. The maximum atomic E-state index is 11.6. The quantitative estimate of drug-likeness (QED) is 0.551. The molecule has 0 aliphatic heterocycles. The molecule has 0 heterocycles. The summed E-state index contributed by atoms with van der Waals surface area (Å²) in [5, 5.41) is 43.0. The fourth-order valence-corrected chi connectivity index (χ4v) is 7.16. The molecule has 0 saturated heterocycles. The molecule has 0 amide bonds. The average Bonchev–Trinajstić information content (AvgIpc) is 2.88. The highest BCUT2D eigenvalue weighted by Gasteiger charge is 2.68. The smallest absolute Gasteiger partial charge is 0.105 e. The third-order valence-corrected chi connectivity index (χ3v) is 8.66. The van der Waals surface area contributed by atoms with Gasteiger partial charge in [-0.2, -0.15) is 0 Å². The molecule has 4 rings (SSSR count). The Morgan fingerprint density at radius 2 is 1.75 bits per heavy atom. The number of hydrogen-bond donors (Lipinski definition) is 4. The second-order valence-corrected chi connectivity index (χ2v) is 9.75. The molecule has 4 saturated carbocycles. The van der Waals surface area contributed by atoms with Crippen LogP contribution in [0, 0.1) is 34.5 Å². The van der Waals surface area contributed by atoms with E-state index >= 15 is 0 Å². The van der Waals surface area contributed by atoms with Gasteiger partial charge in [0.05, 0.1) is 12.2 Å². The highest BCUT2D eigenvalue weighted by atomic mass is 16.4. The van der Waals surface area contributed by atoms with Gasteiger partial charge in [-0.3, -0.25) is 0 Å². The van der Waals surface area contributed by atoms with E-state index in [0.717, 1.165) is 31.3 Å². The first kappa shape index (κ1) is 17.0. The number of aliphatic hydroxyl groups excluding tert-OH is 3. The molecule has 8 unspecified atom stereocenters. The molecule has 2 bridgehead atoms. The SMILES string of the molecule is C=C1C2CCC3CC2(CC3CO)CC(O)C2(O)C1CC(O)C2(C)C. The van der Waals surface area contributed by atoms with Gasteiger partial charge in [-0.05, 0) is 61.7 Å². The van der Waals surface area contributed by atoms with Gasteiger partial charge in [-0.1, -0.05) is 26.0 Å². The molecule has 4 aliphatic rings. The van der Waals surface area contributed by atoms with E-state index in [0.29, 0.717) is 30.6 Å². The summed E-state index contributed by atoms with van der Waals surface area (Å²) in [5.74, 6) is 0.908.